The van der Waals surface area contributed by atoms with Crippen LogP contribution < -0.4 is 4.72 Å². The van der Waals surface area contributed by atoms with Crippen LogP contribution in [0, 0.1) is 5.92 Å². The molecule has 24 heavy (non-hydrogen) atoms. The Morgan fingerprint density at radius 3 is 2.58 bits per heavy atom. The van der Waals surface area contributed by atoms with Crippen LogP contribution in [0.4, 0.5) is 0 Å². The molecule has 1 aliphatic heterocycles. The lowest BCUT2D eigenvalue weighted by Crippen LogP contribution is -2.52. The van der Waals surface area contributed by atoms with Gasteiger partial charge < -0.3 is 9.64 Å². The number of aromatic nitrogens is 1. The Morgan fingerprint density at radius 1 is 1.38 bits per heavy atom. The second kappa shape index (κ2) is 8.24. The molecule has 0 radical (unpaired) electrons. The summed E-state index contributed by atoms with van der Waals surface area (Å²) in [7, 11) is -3.86. The van der Waals surface area contributed by atoms with Gasteiger partial charge in [-0.05, 0) is 24.5 Å². The third-order valence-electron chi connectivity index (χ3n) is 3.64. The van der Waals surface area contributed by atoms with Gasteiger partial charge in [0.25, 0.3) is 0 Å². The van der Waals surface area contributed by atoms with Crippen LogP contribution in [-0.2, 0) is 19.6 Å². The highest BCUT2D eigenvalue weighted by atomic mass is 35.5. The summed E-state index contributed by atoms with van der Waals surface area (Å²) in [5.41, 5.74) is 0. The van der Waals surface area contributed by atoms with Gasteiger partial charge in [0.1, 0.15) is 16.1 Å². The van der Waals surface area contributed by atoms with Crippen LogP contribution in [0.2, 0.25) is 5.15 Å². The van der Waals surface area contributed by atoms with Crippen LogP contribution in [0.15, 0.2) is 23.2 Å². The number of rotatable bonds is 6. The summed E-state index contributed by atoms with van der Waals surface area (Å²) in [6.07, 6.45) is 1.59. The van der Waals surface area contributed by atoms with Crippen LogP contribution in [0.5, 0.6) is 0 Å². The molecule has 2 rings (SSSR count). The highest BCUT2D eigenvalue weighted by molar-refractivity contribution is 7.89. The van der Waals surface area contributed by atoms with Gasteiger partial charge in [-0.2, -0.15) is 4.72 Å². The fourth-order valence-electron chi connectivity index (χ4n) is 2.45. The molecule has 1 amide bonds. The number of halogens is 1. The van der Waals surface area contributed by atoms with E-state index in [4.69, 9.17) is 16.3 Å². The van der Waals surface area contributed by atoms with Crippen molar-refractivity contribution in [2.24, 2.45) is 5.92 Å². The first-order valence-corrected chi connectivity index (χ1v) is 9.66. The van der Waals surface area contributed by atoms with Gasteiger partial charge in [0.15, 0.2) is 0 Å². The van der Waals surface area contributed by atoms with E-state index in [-0.39, 0.29) is 21.9 Å². The number of ether oxygens (including phenoxy) is 1. The molecule has 2 heterocycles. The van der Waals surface area contributed by atoms with Crippen LogP contribution in [0.3, 0.4) is 0 Å². The third kappa shape index (κ3) is 5.14. The minimum atomic E-state index is -3.86. The van der Waals surface area contributed by atoms with Gasteiger partial charge in [-0.3, -0.25) is 4.79 Å². The SMILES string of the molecule is CC(C)C[C@H](NS(=O)(=O)c1ccc(Cl)nc1)C(=O)N1CCOCC1. The summed E-state index contributed by atoms with van der Waals surface area (Å²) in [5, 5.41) is 0.206. The third-order valence-corrected chi connectivity index (χ3v) is 5.32. The van der Waals surface area contributed by atoms with Crippen LogP contribution in [-0.4, -0.2) is 56.6 Å². The van der Waals surface area contributed by atoms with Crippen molar-refractivity contribution in [1.29, 1.82) is 0 Å². The van der Waals surface area contributed by atoms with E-state index in [1.165, 1.54) is 18.3 Å². The van der Waals surface area contributed by atoms with E-state index < -0.39 is 16.1 Å². The lowest BCUT2D eigenvalue weighted by atomic mass is 10.0. The van der Waals surface area contributed by atoms with E-state index in [2.05, 4.69) is 9.71 Å². The molecular formula is C15H22ClN3O4S. The van der Waals surface area contributed by atoms with E-state index in [1.807, 2.05) is 13.8 Å². The second-order valence-corrected chi connectivity index (χ2v) is 8.16. The van der Waals surface area contributed by atoms with Gasteiger partial charge in [-0.25, -0.2) is 13.4 Å². The van der Waals surface area contributed by atoms with Crippen molar-refractivity contribution in [3.63, 3.8) is 0 Å². The first kappa shape index (κ1) is 19.1. The van der Waals surface area contributed by atoms with Crippen molar-refractivity contribution < 1.29 is 17.9 Å². The van der Waals surface area contributed by atoms with Crippen LogP contribution in [0.1, 0.15) is 20.3 Å². The molecule has 1 aliphatic rings. The smallest absolute Gasteiger partial charge is 0.242 e. The van der Waals surface area contributed by atoms with Crippen molar-refractivity contribution in [2.45, 2.75) is 31.2 Å². The lowest BCUT2D eigenvalue weighted by molar-refractivity contribution is -0.137. The number of pyridine rings is 1. The number of morpholine rings is 1. The minimum Gasteiger partial charge on any atom is -0.378 e. The molecule has 0 aliphatic carbocycles. The topological polar surface area (TPSA) is 88.6 Å². The zero-order chi connectivity index (χ0) is 17.7. The van der Waals surface area contributed by atoms with E-state index in [9.17, 15) is 13.2 Å². The summed E-state index contributed by atoms with van der Waals surface area (Å²) in [5.74, 6) is -0.0662. The Balaban J connectivity index is 2.17. The fourth-order valence-corrected chi connectivity index (χ4v) is 3.71. The highest BCUT2D eigenvalue weighted by Gasteiger charge is 2.30. The standard InChI is InChI=1S/C15H22ClN3O4S/c1-11(2)9-13(15(20)19-5-7-23-8-6-19)18-24(21,22)12-3-4-14(16)17-10-12/h3-4,10-11,13,18H,5-9H2,1-2H3/t13-/m0/s1. The molecule has 9 heteroatoms. The average molecular weight is 376 g/mol. The predicted molar refractivity (Wildman–Crippen MR) is 90.2 cm³/mol. The maximum Gasteiger partial charge on any atom is 0.242 e. The molecule has 0 aromatic carbocycles. The molecular weight excluding hydrogens is 354 g/mol. The first-order chi connectivity index (χ1) is 11.3. The molecule has 0 spiro atoms. The van der Waals surface area contributed by atoms with Gasteiger partial charge in [0.2, 0.25) is 15.9 Å². The highest BCUT2D eigenvalue weighted by Crippen LogP contribution is 2.15. The lowest BCUT2D eigenvalue weighted by Gasteiger charge is -2.31. The van der Waals surface area contributed by atoms with Gasteiger partial charge >= 0.3 is 0 Å². The number of hydrogen-bond donors (Lipinski definition) is 1. The van der Waals surface area contributed by atoms with Crippen molar-refractivity contribution in [1.82, 2.24) is 14.6 Å². The molecule has 7 nitrogen and oxygen atoms in total. The Bertz CT molecular complexity index is 658. The zero-order valence-corrected chi connectivity index (χ0v) is 15.3. The van der Waals surface area contributed by atoms with Crippen LogP contribution >= 0.6 is 11.6 Å². The molecule has 1 aromatic heterocycles. The number of carbonyl (C=O) groups excluding carboxylic acids is 1. The summed E-state index contributed by atoms with van der Waals surface area (Å²) in [4.78, 5) is 18.1. The van der Waals surface area contributed by atoms with Crippen molar-refractivity contribution in [3.05, 3.63) is 23.5 Å². The second-order valence-electron chi connectivity index (χ2n) is 6.06. The van der Waals surface area contributed by atoms with E-state index in [0.29, 0.717) is 32.7 Å². The van der Waals surface area contributed by atoms with Gasteiger partial charge in [0, 0.05) is 19.3 Å². The molecule has 0 bridgehead atoms. The molecule has 1 N–H and O–H groups in total. The summed E-state index contributed by atoms with van der Waals surface area (Å²) < 4.78 is 32.8. The summed E-state index contributed by atoms with van der Waals surface area (Å²) >= 11 is 5.69. The van der Waals surface area contributed by atoms with Gasteiger partial charge in [-0.1, -0.05) is 25.4 Å². The monoisotopic (exact) mass is 375 g/mol. The fraction of sp³-hybridized carbons (Fsp3) is 0.600. The Labute approximate surface area is 147 Å². The van der Waals surface area contributed by atoms with Crippen molar-refractivity contribution in [3.8, 4) is 0 Å². The number of hydrogen-bond acceptors (Lipinski definition) is 5. The number of sulfonamides is 1. The predicted octanol–water partition coefficient (Wildman–Crippen LogP) is 1.29. The maximum absolute atomic E-state index is 12.7. The van der Waals surface area contributed by atoms with E-state index in [1.54, 1.807) is 4.90 Å². The quantitative estimate of drug-likeness (QED) is 0.757. The molecule has 1 fully saturated rings. The Kier molecular flexibility index (Phi) is 6.56. The number of amides is 1. The van der Waals surface area contributed by atoms with E-state index >= 15 is 0 Å². The van der Waals surface area contributed by atoms with Crippen molar-refractivity contribution in [2.75, 3.05) is 26.3 Å². The zero-order valence-electron chi connectivity index (χ0n) is 13.7. The molecule has 0 unspecified atom stereocenters. The minimum absolute atomic E-state index is 0.0181. The maximum atomic E-state index is 12.7. The molecule has 0 saturated carbocycles. The van der Waals surface area contributed by atoms with Crippen molar-refractivity contribution >= 4 is 27.5 Å². The Morgan fingerprint density at radius 2 is 2.04 bits per heavy atom. The number of carbonyl (C=O) groups is 1. The van der Waals surface area contributed by atoms with E-state index in [0.717, 1.165) is 0 Å². The summed E-state index contributed by atoms with van der Waals surface area (Å²) in [6.45, 7) is 5.76. The largest absolute Gasteiger partial charge is 0.378 e. The average Bonchev–Trinajstić information content (AvgIpc) is 2.54. The Hall–Kier alpha value is -1.22. The molecule has 1 aromatic rings. The van der Waals surface area contributed by atoms with Gasteiger partial charge in [0.05, 0.1) is 13.2 Å². The van der Waals surface area contributed by atoms with Crippen LogP contribution in [0.25, 0.3) is 0 Å². The molecule has 1 saturated heterocycles. The number of nitrogens with zero attached hydrogens (tertiary/aromatic N) is 2. The summed E-state index contributed by atoms with van der Waals surface area (Å²) in [6, 6.07) is 1.95. The number of nitrogens with one attached hydrogen (secondary N) is 1. The molecule has 134 valence electrons. The van der Waals surface area contributed by atoms with Gasteiger partial charge in [-0.15, -0.1) is 0 Å². The molecule has 1 atom stereocenters. The normalized spacial score (nSPS) is 17.1. The first-order valence-electron chi connectivity index (χ1n) is 7.80.